The maximum Gasteiger partial charge on any atom is 0.171 e. The highest BCUT2D eigenvalue weighted by molar-refractivity contribution is 7.80. The van der Waals surface area contributed by atoms with Gasteiger partial charge in [-0.1, -0.05) is 12.1 Å². The molecule has 0 aliphatic rings. The molecular formula is C17H19FN2O2S. The van der Waals surface area contributed by atoms with Crippen LogP contribution in [0.1, 0.15) is 6.92 Å². The van der Waals surface area contributed by atoms with Gasteiger partial charge in [0.15, 0.2) is 16.6 Å². The van der Waals surface area contributed by atoms with E-state index in [0.29, 0.717) is 23.2 Å². The summed E-state index contributed by atoms with van der Waals surface area (Å²) in [4.78, 5) is 0. The number of methoxy groups -OCH3 is 1. The van der Waals surface area contributed by atoms with Gasteiger partial charge in [0.1, 0.15) is 12.4 Å². The summed E-state index contributed by atoms with van der Waals surface area (Å²) in [6, 6.07) is 13.4. The normalized spacial score (nSPS) is 11.4. The van der Waals surface area contributed by atoms with E-state index in [1.807, 2.05) is 31.2 Å². The van der Waals surface area contributed by atoms with Crippen LogP contribution in [-0.4, -0.2) is 24.9 Å². The SMILES string of the molecule is COc1ccccc1OCC(C)NC(=S)Nc1ccc(F)cc1. The van der Waals surface area contributed by atoms with Crippen molar-refractivity contribution in [3.8, 4) is 11.5 Å². The van der Waals surface area contributed by atoms with E-state index in [1.54, 1.807) is 19.2 Å². The molecule has 4 nitrogen and oxygen atoms in total. The molecule has 0 spiro atoms. The maximum absolute atomic E-state index is 12.9. The zero-order valence-electron chi connectivity index (χ0n) is 13.0. The molecule has 0 aliphatic carbocycles. The number of benzene rings is 2. The van der Waals surface area contributed by atoms with Crippen LogP contribution in [0.4, 0.5) is 10.1 Å². The highest BCUT2D eigenvalue weighted by Crippen LogP contribution is 2.25. The van der Waals surface area contributed by atoms with Crippen molar-refractivity contribution < 1.29 is 13.9 Å². The van der Waals surface area contributed by atoms with Gasteiger partial charge in [0.05, 0.1) is 13.2 Å². The van der Waals surface area contributed by atoms with Gasteiger partial charge in [0.25, 0.3) is 0 Å². The Morgan fingerprint density at radius 2 is 1.78 bits per heavy atom. The van der Waals surface area contributed by atoms with Crippen molar-refractivity contribution >= 4 is 23.0 Å². The number of hydrogen-bond acceptors (Lipinski definition) is 3. The van der Waals surface area contributed by atoms with Crippen LogP contribution in [-0.2, 0) is 0 Å². The molecule has 0 heterocycles. The van der Waals surface area contributed by atoms with Gasteiger partial charge in [0, 0.05) is 5.69 Å². The molecule has 0 amide bonds. The van der Waals surface area contributed by atoms with E-state index < -0.39 is 0 Å². The zero-order valence-corrected chi connectivity index (χ0v) is 13.8. The molecule has 122 valence electrons. The summed E-state index contributed by atoms with van der Waals surface area (Å²) < 4.78 is 23.8. The molecule has 0 aromatic heterocycles. The van der Waals surface area contributed by atoms with Gasteiger partial charge in [0.2, 0.25) is 0 Å². The van der Waals surface area contributed by atoms with Crippen LogP contribution in [0.3, 0.4) is 0 Å². The van der Waals surface area contributed by atoms with Gasteiger partial charge in [-0.25, -0.2) is 4.39 Å². The second-order valence-electron chi connectivity index (χ2n) is 4.97. The van der Waals surface area contributed by atoms with Gasteiger partial charge in [-0.05, 0) is 55.5 Å². The molecule has 1 unspecified atom stereocenters. The minimum absolute atomic E-state index is 0.0136. The van der Waals surface area contributed by atoms with Crippen LogP contribution < -0.4 is 20.1 Å². The Morgan fingerprint density at radius 1 is 1.13 bits per heavy atom. The molecule has 6 heteroatoms. The molecule has 0 saturated heterocycles. The number of halogens is 1. The Bertz CT molecular complexity index is 649. The van der Waals surface area contributed by atoms with Crippen LogP contribution in [0.25, 0.3) is 0 Å². The summed E-state index contributed by atoms with van der Waals surface area (Å²) in [7, 11) is 1.60. The van der Waals surface area contributed by atoms with Crippen LogP contribution in [0.15, 0.2) is 48.5 Å². The van der Waals surface area contributed by atoms with Gasteiger partial charge >= 0.3 is 0 Å². The van der Waals surface area contributed by atoms with Crippen molar-refractivity contribution in [1.82, 2.24) is 5.32 Å². The predicted octanol–water partition coefficient (Wildman–Crippen LogP) is 3.59. The molecule has 0 aliphatic heterocycles. The van der Waals surface area contributed by atoms with Gasteiger partial charge in [-0.2, -0.15) is 0 Å². The quantitative estimate of drug-likeness (QED) is 0.790. The summed E-state index contributed by atoms with van der Waals surface area (Å²) in [5.41, 5.74) is 0.724. The van der Waals surface area contributed by atoms with Crippen LogP contribution in [0.2, 0.25) is 0 Å². The first kappa shape index (κ1) is 17.0. The summed E-state index contributed by atoms with van der Waals surface area (Å²) in [6.45, 7) is 2.37. The first-order valence-electron chi connectivity index (χ1n) is 7.17. The fourth-order valence-electron chi connectivity index (χ4n) is 1.92. The highest BCUT2D eigenvalue weighted by atomic mass is 32.1. The molecule has 2 N–H and O–H groups in total. The predicted molar refractivity (Wildman–Crippen MR) is 93.7 cm³/mol. The average Bonchev–Trinajstić information content (AvgIpc) is 2.55. The lowest BCUT2D eigenvalue weighted by Gasteiger charge is -2.18. The third-order valence-electron chi connectivity index (χ3n) is 3.04. The largest absolute Gasteiger partial charge is 0.493 e. The van der Waals surface area contributed by atoms with E-state index in [2.05, 4.69) is 10.6 Å². The zero-order chi connectivity index (χ0) is 16.7. The maximum atomic E-state index is 12.9. The number of thiocarbonyl (C=S) groups is 1. The van der Waals surface area contributed by atoms with Crippen molar-refractivity contribution in [2.75, 3.05) is 19.0 Å². The Labute approximate surface area is 140 Å². The van der Waals surface area contributed by atoms with Gasteiger partial charge in [-0.15, -0.1) is 0 Å². The lowest BCUT2D eigenvalue weighted by Crippen LogP contribution is -2.39. The van der Waals surface area contributed by atoms with Crippen LogP contribution >= 0.6 is 12.2 Å². The Kier molecular flexibility index (Phi) is 6.17. The summed E-state index contributed by atoms with van der Waals surface area (Å²) in [5.74, 6) is 1.08. The molecule has 0 bridgehead atoms. The first-order chi connectivity index (χ1) is 11.1. The number of rotatable bonds is 6. The second kappa shape index (κ2) is 8.33. The number of ether oxygens (including phenoxy) is 2. The van der Waals surface area contributed by atoms with E-state index in [-0.39, 0.29) is 11.9 Å². The molecule has 0 saturated carbocycles. The van der Waals surface area contributed by atoms with Crippen LogP contribution in [0, 0.1) is 5.82 Å². The van der Waals surface area contributed by atoms with Crippen molar-refractivity contribution in [3.05, 3.63) is 54.3 Å². The number of hydrogen-bond donors (Lipinski definition) is 2. The molecule has 23 heavy (non-hydrogen) atoms. The third-order valence-corrected chi connectivity index (χ3v) is 3.26. The molecule has 0 radical (unpaired) electrons. The molecular weight excluding hydrogens is 315 g/mol. The fraction of sp³-hybridized carbons (Fsp3) is 0.235. The number of para-hydroxylation sites is 2. The second-order valence-corrected chi connectivity index (χ2v) is 5.38. The van der Waals surface area contributed by atoms with E-state index in [4.69, 9.17) is 21.7 Å². The van der Waals surface area contributed by atoms with Crippen molar-refractivity contribution in [3.63, 3.8) is 0 Å². The minimum atomic E-state index is -0.284. The van der Waals surface area contributed by atoms with E-state index in [9.17, 15) is 4.39 Å². The van der Waals surface area contributed by atoms with E-state index >= 15 is 0 Å². The smallest absolute Gasteiger partial charge is 0.171 e. The molecule has 1 atom stereocenters. The summed E-state index contributed by atoms with van der Waals surface area (Å²) in [5, 5.41) is 6.56. The first-order valence-corrected chi connectivity index (χ1v) is 7.58. The minimum Gasteiger partial charge on any atom is -0.493 e. The summed E-state index contributed by atoms with van der Waals surface area (Å²) in [6.07, 6.45) is 0. The van der Waals surface area contributed by atoms with Crippen LogP contribution in [0.5, 0.6) is 11.5 Å². The average molecular weight is 334 g/mol. The van der Waals surface area contributed by atoms with Gasteiger partial charge in [-0.3, -0.25) is 0 Å². The van der Waals surface area contributed by atoms with Crippen molar-refractivity contribution in [2.24, 2.45) is 0 Å². The van der Waals surface area contributed by atoms with Crippen molar-refractivity contribution in [2.45, 2.75) is 13.0 Å². The Balaban J connectivity index is 1.81. The third kappa shape index (κ3) is 5.41. The fourth-order valence-corrected chi connectivity index (χ4v) is 2.24. The highest BCUT2D eigenvalue weighted by Gasteiger charge is 2.08. The number of anilines is 1. The molecule has 2 rings (SSSR count). The lowest BCUT2D eigenvalue weighted by molar-refractivity contribution is 0.270. The van der Waals surface area contributed by atoms with E-state index in [1.165, 1.54) is 12.1 Å². The standard InChI is InChI=1S/C17H19FN2O2S/c1-12(11-22-16-6-4-3-5-15(16)21-2)19-17(23)20-14-9-7-13(18)8-10-14/h3-10,12H,11H2,1-2H3,(H2,19,20,23). The monoisotopic (exact) mass is 334 g/mol. The van der Waals surface area contributed by atoms with E-state index in [0.717, 1.165) is 5.69 Å². The van der Waals surface area contributed by atoms with Crippen molar-refractivity contribution in [1.29, 1.82) is 0 Å². The Morgan fingerprint density at radius 3 is 2.43 bits per heavy atom. The topological polar surface area (TPSA) is 42.5 Å². The number of nitrogens with one attached hydrogen (secondary N) is 2. The molecule has 0 fully saturated rings. The molecule has 2 aromatic carbocycles. The summed E-state index contributed by atoms with van der Waals surface area (Å²) >= 11 is 5.23. The molecule has 2 aromatic rings. The van der Waals surface area contributed by atoms with Gasteiger partial charge < -0.3 is 20.1 Å². The lowest BCUT2D eigenvalue weighted by atomic mass is 10.3. The Hall–Kier alpha value is -2.34.